The standard InChI is InChI=1S/C18H20F2N4O3/c1-8(21)11-5-23(7-14(11)20)17-13(19)4-10-15(25)12(18(26)27)6-24(9-2-3-9)16(10)22-17/h4,6,8-9,11,14H,2-3,5,7,21H2,1H3,(H,26,27). The zero-order valence-electron chi connectivity index (χ0n) is 14.7. The van der Waals surface area contributed by atoms with Gasteiger partial charge in [-0.15, -0.1) is 0 Å². The number of nitrogens with two attached hydrogens (primary N) is 1. The third kappa shape index (κ3) is 2.95. The molecular weight excluding hydrogens is 358 g/mol. The van der Waals surface area contributed by atoms with Crippen LogP contribution in [0.2, 0.25) is 0 Å². The molecule has 3 unspecified atom stereocenters. The van der Waals surface area contributed by atoms with Crippen LogP contribution in [0.15, 0.2) is 17.1 Å². The van der Waals surface area contributed by atoms with Crippen molar-refractivity contribution in [1.82, 2.24) is 9.55 Å². The third-order valence-corrected chi connectivity index (χ3v) is 5.38. The molecule has 3 atom stereocenters. The molecule has 2 fully saturated rings. The molecule has 0 amide bonds. The van der Waals surface area contributed by atoms with Gasteiger partial charge in [-0.3, -0.25) is 4.79 Å². The highest BCUT2D eigenvalue weighted by atomic mass is 19.1. The summed E-state index contributed by atoms with van der Waals surface area (Å²) in [6.07, 6.45) is 1.73. The van der Waals surface area contributed by atoms with Crippen molar-refractivity contribution >= 4 is 22.8 Å². The third-order valence-electron chi connectivity index (χ3n) is 5.38. The van der Waals surface area contributed by atoms with Crippen LogP contribution in [0.3, 0.4) is 0 Å². The predicted molar refractivity (Wildman–Crippen MR) is 95.4 cm³/mol. The van der Waals surface area contributed by atoms with Crippen molar-refractivity contribution in [3.05, 3.63) is 33.9 Å². The lowest BCUT2D eigenvalue weighted by Gasteiger charge is -2.20. The smallest absolute Gasteiger partial charge is 0.341 e. The Kier molecular flexibility index (Phi) is 4.14. The highest BCUT2D eigenvalue weighted by Crippen LogP contribution is 2.37. The average molecular weight is 378 g/mol. The van der Waals surface area contributed by atoms with E-state index < -0.39 is 34.9 Å². The summed E-state index contributed by atoms with van der Waals surface area (Å²) in [4.78, 5) is 29.6. The first kappa shape index (κ1) is 17.8. The van der Waals surface area contributed by atoms with E-state index in [0.29, 0.717) is 0 Å². The van der Waals surface area contributed by atoms with Gasteiger partial charge in [0.05, 0.1) is 11.9 Å². The van der Waals surface area contributed by atoms with Gasteiger partial charge in [-0.25, -0.2) is 18.6 Å². The Bertz CT molecular complexity index is 987. The molecule has 3 heterocycles. The van der Waals surface area contributed by atoms with Gasteiger partial charge in [-0.2, -0.15) is 0 Å². The fourth-order valence-corrected chi connectivity index (χ4v) is 3.70. The number of carboxylic acids is 1. The molecule has 0 radical (unpaired) electrons. The lowest BCUT2D eigenvalue weighted by molar-refractivity contribution is 0.0695. The molecule has 2 aromatic rings. The van der Waals surface area contributed by atoms with Gasteiger partial charge in [0.1, 0.15) is 17.4 Å². The normalized spacial score (nSPS) is 23.8. The summed E-state index contributed by atoms with van der Waals surface area (Å²) in [5.74, 6) is -2.60. The monoisotopic (exact) mass is 378 g/mol. The van der Waals surface area contributed by atoms with E-state index in [-0.39, 0.29) is 42.0 Å². The Morgan fingerprint density at radius 1 is 1.41 bits per heavy atom. The largest absolute Gasteiger partial charge is 0.477 e. The first-order chi connectivity index (χ1) is 12.8. The van der Waals surface area contributed by atoms with Gasteiger partial charge in [0, 0.05) is 30.7 Å². The number of aromatic nitrogens is 2. The molecule has 27 heavy (non-hydrogen) atoms. The number of pyridine rings is 2. The number of hydrogen-bond acceptors (Lipinski definition) is 5. The van der Waals surface area contributed by atoms with Crippen molar-refractivity contribution in [1.29, 1.82) is 0 Å². The van der Waals surface area contributed by atoms with Crippen molar-refractivity contribution in [3.8, 4) is 0 Å². The first-order valence-electron chi connectivity index (χ1n) is 8.91. The molecule has 2 aliphatic rings. The Hall–Kier alpha value is -2.55. The zero-order chi connectivity index (χ0) is 19.5. The van der Waals surface area contributed by atoms with E-state index >= 15 is 0 Å². The summed E-state index contributed by atoms with van der Waals surface area (Å²) in [6, 6.07) is 0.662. The van der Waals surface area contributed by atoms with Gasteiger partial charge < -0.3 is 20.3 Å². The average Bonchev–Trinajstić information content (AvgIpc) is 3.36. The maximum absolute atomic E-state index is 14.7. The van der Waals surface area contributed by atoms with Crippen LogP contribution in [0.4, 0.5) is 14.6 Å². The maximum Gasteiger partial charge on any atom is 0.341 e. The van der Waals surface area contributed by atoms with Crippen molar-refractivity contribution in [2.45, 2.75) is 38.0 Å². The number of hydrogen-bond donors (Lipinski definition) is 2. The van der Waals surface area contributed by atoms with Crippen molar-refractivity contribution in [2.24, 2.45) is 11.7 Å². The van der Waals surface area contributed by atoms with E-state index in [1.165, 1.54) is 11.1 Å². The van der Waals surface area contributed by atoms with Crippen LogP contribution in [-0.2, 0) is 0 Å². The summed E-state index contributed by atoms with van der Waals surface area (Å²) in [5, 5.41) is 9.19. The number of aromatic carboxylic acids is 1. The van der Waals surface area contributed by atoms with Gasteiger partial charge >= 0.3 is 5.97 Å². The number of carboxylic acid groups (broad SMARTS) is 1. The molecule has 144 valence electrons. The molecule has 1 saturated carbocycles. The van der Waals surface area contributed by atoms with E-state index in [2.05, 4.69) is 4.98 Å². The van der Waals surface area contributed by atoms with Gasteiger partial charge in [0.15, 0.2) is 11.6 Å². The minimum atomic E-state index is -1.36. The van der Waals surface area contributed by atoms with E-state index in [1.807, 2.05) is 0 Å². The molecular formula is C18H20F2N4O3. The number of halogens is 2. The second kappa shape index (κ2) is 6.26. The number of alkyl halides is 1. The minimum absolute atomic E-state index is 0.0253. The van der Waals surface area contributed by atoms with Crippen LogP contribution < -0.4 is 16.1 Å². The van der Waals surface area contributed by atoms with Crippen molar-refractivity contribution in [2.75, 3.05) is 18.0 Å². The molecule has 1 aliphatic carbocycles. The van der Waals surface area contributed by atoms with Gasteiger partial charge in [0.25, 0.3) is 0 Å². The molecule has 0 bridgehead atoms. The topological polar surface area (TPSA) is 101 Å². The Balaban J connectivity index is 1.86. The molecule has 4 rings (SSSR count). The van der Waals surface area contributed by atoms with Crippen LogP contribution >= 0.6 is 0 Å². The highest BCUT2D eigenvalue weighted by molar-refractivity contribution is 5.92. The number of carbonyl (C=O) groups is 1. The fourth-order valence-electron chi connectivity index (χ4n) is 3.70. The molecule has 0 aromatic carbocycles. The van der Waals surface area contributed by atoms with E-state index in [9.17, 15) is 23.5 Å². The highest BCUT2D eigenvalue weighted by Gasteiger charge is 2.37. The molecule has 3 N–H and O–H groups in total. The van der Waals surface area contributed by atoms with Crippen LogP contribution in [0, 0.1) is 11.7 Å². The second-order valence-corrected chi connectivity index (χ2v) is 7.42. The van der Waals surface area contributed by atoms with E-state index in [4.69, 9.17) is 5.73 Å². The molecule has 1 aliphatic heterocycles. The van der Waals surface area contributed by atoms with E-state index in [1.54, 1.807) is 11.5 Å². The summed E-state index contributed by atoms with van der Waals surface area (Å²) >= 11 is 0. The zero-order valence-corrected chi connectivity index (χ0v) is 14.7. The number of nitrogens with zero attached hydrogens (tertiary/aromatic N) is 3. The SMILES string of the molecule is CC(N)C1CN(c2nc3c(cc2F)c(=O)c(C(=O)O)cn3C2CC2)CC1F. The second-order valence-electron chi connectivity index (χ2n) is 7.42. The van der Waals surface area contributed by atoms with Crippen molar-refractivity contribution in [3.63, 3.8) is 0 Å². The van der Waals surface area contributed by atoms with Crippen LogP contribution in [-0.4, -0.2) is 45.9 Å². The molecule has 1 saturated heterocycles. The summed E-state index contributed by atoms with van der Waals surface area (Å²) < 4.78 is 30.6. The molecule has 9 heteroatoms. The van der Waals surface area contributed by atoms with Gasteiger partial charge in [-0.05, 0) is 25.8 Å². The lowest BCUT2D eigenvalue weighted by atomic mass is 10.0. The Morgan fingerprint density at radius 2 is 2.11 bits per heavy atom. The van der Waals surface area contributed by atoms with Crippen LogP contribution in [0.1, 0.15) is 36.2 Å². The van der Waals surface area contributed by atoms with Gasteiger partial charge in [0.2, 0.25) is 5.43 Å². The maximum atomic E-state index is 14.7. The summed E-state index contributed by atoms with van der Waals surface area (Å²) in [7, 11) is 0. The van der Waals surface area contributed by atoms with Crippen LogP contribution in [0.25, 0.3) is 11.0 Å². The van der Waals surface area contributed by atoms with E-state index in [0.717, 1.165) is 18.9 Å². The fraction of sp³-hybridized carbons (Fsp3) is 0.500. The van der Waals surface area contributed by atoms with Gasteiger partial charge in [-0.1, -0.05) is 0 Å². The Labute approximate surface area is 153 Å². The summed E-state index contributed by atoms with van der Waals surface area (Å²) in [6.45, 7) is 1.92. The number of fused-ring (bicyclic) bond motifs is 1. The predicted octanol–water partition coefficient (Wildman–Crippen LogP) is 1.69. The molecule has 7 nitrogen and oxygen atoms in total. The molecule has 0 spiro atoms. The Morgan fingerprint density at radius 3 is 2.67 bits per heavy atom. The minimum Gasteiger partial charge on any atom is -0.477 e. The number of rotatable bonds is 4. The molecule has 2 aromatic heterocycles. The number of anilines is 1. The lowest BCUT2D eigenvalue weighted by Crippen LogP contribution is -2.33. The van der Waals surface area contributed by atoms with Crippen LogP contribution in [0.5, 0.6) is 0 Å². The summed E-state index contributed by atoms with van der Waals surface area (Å²) in [5.41, 5.74) is 4.85. The first-order valence-corrected chi connectivity index (χ1v) is 8.91. The van der Waals surface area contributed by atoms with Crippen molar-refractivity contribution < 1.29 is 18.7 Å². The quantitative estimate of drug-likeness (QED) is 0.840.